The minimum atomic E-state index is -1.02. The molecule has 2 N–H and O–H groups in total. The molecule has 144 valence electrons. The summed E-state index contributed by atoms with van der Waals surface area (Å²) in [5, 5.41) is 11.6. The number of rotatable bonds is 10. The van der Waals surface area contributed by atoms with E-state index >= 15 is 0 Å². The van der Waals surface area contributed by atoms with Crippen LogP contribution in [0.15, 0.2) is 48.5 Å². The topological polar surface area (TPSA) is 84.9 Å². The summed E-state index contributed by atoms with van der Waals surface area (Å²) in [6.07, 6.45) is 1.20. The van der Waals surface area contributed by atoms with E-state index in [1.54, 1.807) is 24.3 Å². The number of hydrogen-bond donors (Lipinski definition) is 2. The van der Waals surface area contributed by atoms with Gasteiger partial charge in [-0.3, -0.25) is 4.79 Å². The van der Waals surface area contributed by atoms with Crippen molar-refractivity contribution < 1.29 is 24.2 Å². The van der Waals surface area contributed by atoms with Gasteiger partial charge in [-0.25, -0.2) is 4.79 Å². The molecule has 0 aliphatic carbocycles. The summed E-state index contributed by atoms with van der Waals surface area (Å²) in [6.45, 7) is 4.21. The van der Waals surface area contributed by atoms with Crippen molar-refractivity contribution in [3.63, 3.8) is 0 Å². The first-order chi connectivity index (χ1) is 13.0. The van der Waals surface area contributed by atoms with Crippen molar-refractivity contribution in [2.45, 2.75) is 32.7 Å². The molecule has 2 rings (SSSR count). The average molecular weight is 371 g/mol. The fourth-order valence-corrected chi connectivity index (χ4v) is 2.52. The van der Waals surface area contributed by atoms with Gasteiger partial charge in [-0.1, -0.05) is 31.2 Å². The number of hydrogen-bond acceptors (Lipinski definition) is 4. The Labute approximate surface area is 159 Å². The fraction of sp³-hybridized carbons (Fsp3) is 0.333. The van der Waals surface area contributed by atoms with E-state index in [0.717, 1.165) is 23.3 Å². The largest absolute Gasteiger partial charge is 0.494 e. The van der Waals surface area contributed by atoms with Crippen molar-refractivity contribution >= 4 is 11.9 Å². The molecule has 0 aromatic heterocycles. The Kier molecular flexibility index (Phi) is 7.67. The van der Waals surface area contributed by atoms with Gasteiger partial charge in [-0.05, 0) is 48.7 Å². The number of carboxylic acids is 1. The maximum absolute atomic E-state index is 12.3. The number of benzene rings is 2. The molecule has 2 aromatic carbocycles. The minimum absolute atomic E-state index is 0.0821. The molecule has 1 amide bonds. The first-order valence-electron chi connectivity index (χ1n) is 8.93. The summed E-state index contributed by atoms with van der Waals surface area (Å²) in [6, 6.07) is 14.4. The monoisotopic (exact) mass is 371 g/mol. The number of carbonyl (C=O) groups excluding carboxylic acids is 1. The highest BCUT2D eigenvalue weighted by Crippen LogP contribution is 2.18. The fourth-order valence-electron chi connectivity index (χ4n) is 2.52. The number of carboxylic acid groups (broad SMARTS) is 1. The Bertz CT molecular complexity index is 757. The van der Waals surface area contributed by atoms with Gasteiger partial charge in [-0.15, -0.1) is 0 Å². The predicted octanol–water partition coefficient (Wildman–Crippen LogP) is 3.36. The lowest BCUT2D eigenvalue weighted by Crippen LogP contribution is -2.28. The summed E-state index contributed by atoms with van der Waals surface area (Å²) in [5.74, 6) is 0.140. The van der Waals surface area contributed by atoms with Crippen molar-refractivity contribution in [3.05, 3.63) is 59.7 Å². The normalized spacial score (nSPS) is 11.5. The van der Waals surface area contributed by atoms with Crippen molar-refractivity contribution in [1.29, 1.82) is 0 Å². The number of nitrogens with one attached hydrogen (secondary N) is 1. The lowest BCUT2D eigenvalue weighted by atomic mass is 10.1. The summed E-state index contributed by atoms with van der Waals surface area (Å²) in [5.41, 5.74) is 1.80. The van der Waals surface area contributed by atoms with Gasteiger partial charge < -0.3 is 19.9 Å². The zero-order valence-electron chi connectivity index (χ0n) is 15.6. The number of carbonyl (C=O) groups is 2. The van der Waals surface area contributed by atoms with Gasteiger partial charge in [-0.2, -0.15) is 0 Å². The highest BCUT2D eigenvalue weighted by molar-refractivity contribution is 5.79. The molecule has 1 unspecified atom stereocenters. The third kappa shape index (κ3) is 7.01. The Morgan fingerprint density at radius 1 is 1.07 bits per heavy atom. The molecule has 6 heteroatoms. The summed E-state index contributed by atoms with van der Waals surface area (Å²) >= 11 is 0. The maximum Gasteiger partial charge on any atom is 0.341 e. The third-order valence-electron chi connectivity index (χ3n) is 3.86. The van der Waals surface area contributed by atoms with Crippen molar-refractivity contribution in [1.82, 2.24) is 5.32 Å². The van der Waals surface area contributed by atoms with Crippen LogP contribution in [-0.2, 0) is 16.0 Å². The molecule has 0 heterocycles. The smallest absolute Gasteiger partial charge is 0.341 e. The Morgan fingerprint density at radius 3 is 2.48 bits per heavy atom. The highest BCUT2D eigenvalue weighted by Gasteiger charge is 2.11. The number of amides is 1. The van der Waals surface area contributed by atoms with Gasteiger partial charge in [0, 0.05) is 0 Å². The first-order valence-corrected chi connectivity index (χ1v) is 8.93. The van der Waals surface area contributed by atoms with Gasteiger partial charge in [0.05, 0.1) is 19.1 Å². The quantitative estimate of drug-likeness (QED) is 0.669. The summed E-state index contributed by atoms with van der Waals surface area (Å²) in [7, 11) is 0. The van der Waals surface area contributed by atoms with Gasteiger partial charge in [0.15, 0.2) is 6.61 Å². The van der Waals surface area contributed by atoms with E-state index in [2.05, 4.69) is 5.32 Å². The van der Waals surface area contributed by atoms with Crippen molar-refractivity contribution in [3.8, 4) is 11.5 Å². The minimum Gasteiger partial charge on any atom is -0.494 e. The van der Waals surface area contributed by atoms with Crippen LogP contribution < -0.4 is 14.8 Å². The summed E-state index contributed by atoms with van der Waals surface area (Å²) in [4.78, 5) is 22.8. The molecular formula is C21H25NO5. The van der Waals surface area contributed by atoms with E-state index < -0.39 is 5.97 Å². The zero-order valence-corrected chi connectivity index (χ0v) is 15.6. The van der Waals surface area contributed by atoms with Gasteiger partial charge in [0.2, 0.25) is 5.91 Å². The molecule has 0 fully saturated rings. The SMILES string of the molecule is CCCOc1cccc(CC(=O)NC(C)c2ccc(OCC(=O)O)cc2)c1. The van der Waals surface area contributed by atoms with E-state index in [0.29, 0.717) is 12.4 Å². The van der Waals surface area contributed by atoms with E-state index in [1.165, 1.54) is 0 Å². The van der Waals surface area contributed by atoms with Crippen LogP contribution >= 0.6 is 0 Å². The van der Waals surface area contributed by atoms with Crippen molar-refractivity contribution in [2.24, 2.45) is 0 Å². The molecule has 0 aliphatic rings. The van der Waals surface area contributed by atoms with Crippen LogP contribution in [0.25, 0.3) is 0 Å². The number of aliphatic carboxylic acids is 1. The van der Waals surface area contributed by atoms with Gasteiger partial charge in [0.25, 0.3) is 0 Å². The van der Waals surface area contributed by atoms with E-state index in [4.69, 9.17) is 14.6 Å². The summed E-state index contributed by atoms with van der Waals surface area (Å²) < 4.78 is 10.7. The highest BCUT2D eigenvalue weighted by atomic mass is 16.5. The van der Waals surface area contributed by atoms with Gasteiger partial charge >= 0.3 is 5.97 Å². The lowest BCUT2D eigenvalue weighted by Gasteiger charge is -2.15. The first kappa shape index (κ1) is 20.3. The molecule has 0 radical (unpaired) electrons. The third-order valence-corrected chi connectivity index (χ3v) is 3.86. The second-order valence-electron chi connectivity index (χ2n) is 6.21. The maximum atomic E-state index is 12.3. The molecule has 2 aromatic rings. The molecule has 27 heavy (non-hydrogen) atoms. The number of ether oxygens (including phenoxy) is 2. The molecule has 1 atom stereocenters. The van der Waals surface area contributed by atoms with Crippen LogP contribution in [0.5, 0.6) is 11.5 Å². The standard InChI is InChI=1S/C21H25NO5/c1-3-11-26-19-6-4-5-16(12-19)13-20(23)22-15(2)17-7-9-18(10-8-17)27-14-21(24)25/h4-10,12,15H,3,11,13-14H2,1-2H3,(H,22,23)(H,24,25). The predicted molar refractivity (Wildman–Crippen MR) is 102 cm³/mol. The second kappa shape index (κ2) is 10.2. The Morgan fingerprint density at radius 2 is 1.81 bits per heavy atom. The molecule has 0 saturated carbocycles. The zero-order chi connectivity index (χ0) is 19.6. The van der Waals surface area contributed by atoms with Crippen LogP contribution in [-0.4, -0.2) is 30.2 Å². The van der Waals surface area contributed by atoms with Crippen molar-refractivity contribution in [2.75, 3.05) is 13.2 Å². The average Bonchev–Trinajstić information content (AvgIpc) is 2.65. The van der Waals surface area contributed by atoms with Crippen LogP contribution in [0.2, 0.25) is 0 Å². The molecule has 0 saturated heterocycles. The Hall–Kier alpha value is -3.02. The van der Waals surface area contributed by atoms with Gasteiger partial charge in [0.1, 0.15) is 11.5 Å². The Balaban J connectivity index is 1.88. The van der Waals surface area contributed by atoms with E-state index in [9.17, 15) is 9.59 Å². The molecule has 6 nitrogen and oxygen atoms in total. The van der Waals surface area contributed by atoms with Crippen LogP contribution in [0.1, 0.15) is 37.4 Å². The molecule has 0 spiro atoms. The van der Waals surface area contributed by atoms with E-state index in [-0.39, 0.29) is 25.0 Å². The van der Waals surface area contributed by atoms with E-state index in [1.807, 2.05) is 38.1 Å². The molecule has 0 aliphatic heterocycles. The lowest BCUT2D eigenvalue weighted by molar-refractivity contribution is -0.139. The van der Waals surface area contributed by atoms with Crippen LogP contribution in [0, 0.1) is 0 Å². The molecule has 0 bridgehead atoms. The van der Waals surface area contributed by atoms with Crippen LogP contribution in [0.4, 0.5) is 0 Å². The second-order valence-corrected chi connectivity index (χ2v) is 6.21. The van der Waals surface area contributed by atoms with Crippen LogP contribution in [0.3, 0.4) is 0 Å². The molecular weight excluding hydrogens is 346 g/mol.